The van der Waals surface area contributed by atoms with E-state index in [4.69, 9.17) is 18.9 Å². The molecule has 4 rings (SSSR count). The first-order chi connectivity index (χ1) is 17.4. The van der Waals surface area contributed by atoms with E-state index in [0.717, 1.165) is 24.9 Å². The Kier molecular flexibility index (Phi) is 9.01. The molecule has 0 radical (unpaired) electrons. The number of hydrogen-bond donors (Lipinski definition) is 1. The summed E-state index contributed by atoms with van der Waals surface area (Å²) in [5.41, 5.74) is -0.218. The molecule has 2 aliphatic heterocycles. The van der Waals surface area contributed by atoms with Crippen LogP contribution >= 0.6 is 0 Å². The number of benzene rings is 2. The van der Waals surface area contributed by atoms with Gasteiger partial charge in [0.15, 0.2) is 11.5 Å². The van der Waals surface area contributed by atoms with Gasteiger partial charge < -0.3 is 29.0 Å². The Morgan fingerprint density at radius 3 is 2.81 bits per heavy atom. The monoisotopic (exact) mass is 502 g/mol. The van der Waals surface area contributed by atoms with Gasteiger partial charge in [-0.1, -0.05) is 12.1 Å². The maximum absolute atomic E-state index is 13.4. The summed E-state index contributed by atoms with van der Waals surface area (Å²) in [6.07, 6.45) is 2.35. The number of β-amino-alcohol motifs (C(OH)–C–C–N with tert-alkyl or cyclic N) is 1. The molecule has 0 aromatic heterocycles. The number of amides is 1. The van der Waals surface area contributed by atoms with E-state index in [1.165, 1.54) is 12.1 Å². The summed E-state index contributed by atoms with van der Waals surface area (Å²) < 4.78 is 36.2. The smallest absolute Gasteiger partial charge is 0.222 e. The van der Waals surface area contributed by atoms with E-state index < -0.39 is 5.60 Å². The molecule has 0 aliphatic carbocycles. The van der Waals surface area contributed by atoms with Crippen molar-refractivity contribution >= 4 is 5.91 Å². The van der Waals surface area contributed by atoms with Crippen molar-refractivity contribution in [1.82, 2.24) is 9.80 Å². The molecule has 196 valence electrons. The molecule has 1 amide bonds. The second-order valence-corrected chi connectivity index (χ2v) is 9.41. The van der Waals surface area contributed by atoms with Crippen LogP contribution in [0.1, 0.15) is 24.8 Å². The van der Waals surface area contributed by atoms with E-state index in [1.54, 1.807) is 19.2 Å². The van der Waals surface area contributed by atoms with Crippen LogP contribution in [0, 0.1) is 5.82 Å². The fourth-order valence-electron chi connectivity index (χ4n) is 4.56. The van der Waals surface area contributed by atoms with Crippen molar-refractivity contribution in [3.05, 3.63) is 53.8 Å². The summed E-state index contributed by atoms with van der Waals surface area (Å²) in [4.78, 5) is 15.7. The fraction of sp³-hybridized carbons (Fsp3) is 0.519. The highest BCUT2D eigenvalue weighted by molar-refractivity contribution is 5.77. The van der Waals surface area contributed by atoms with Crippen LogP contribution in [-0.4, -0.2) is 86.1 Å². The van der Waals surface area contributed by atoms with Crippen LogP contribution in [0.4, 0.5) is 4.39 Å². The van der Waals surface area contributed by atoms with Gasteiger partial charge in [0.1, 0.15) is 23.8 Å². The molecule has 1 unspecified atom stereocenters. The van der Waals surface area contributed by atoms with E-state index >= 15 is 0 Å². The Morgan fingerprint density at radius 1 is 1.14 bits per heavy atom. The zero-order valence-corrected chi connectivity index (χ0v) is 20.8. The lowest BCUT2D eigenvalue weighted by atomic mass is 10.1. The molecule has 0 spiro atoms. The van der Waals surface area contributed by atoms with Gasteiger partial charge in [0.25, 0.3) is 0 Å². The minimum absolute atomic E-state index is 0.00786. The first-order valence-corrected chi connectivity index (χ1v) is 12.4. The van der Waals surface area contributed by atoms with Crippen LogP contribution in [0.2, 0.25) is 0 Å². The lowest BCUT2D eigenvalue weighted by molar-refractivity contribution is -0.127. The largest absolute Gasteiger partial charge is 0.493 e. The van der Waals surface area contributed by atoms with E-state index in [9.17, 15) is 14.3 Å². The van der Waals surface area contributed by atoms with Gasteiger partial charge in [0.2, 0.25) is 5.91 Å². The van der Waals surface area contributed by atoms with Crippen molar-refractivity contribution in [2.45, 2.75) is 31.4 Å². The lowest BCUT2D eigenvalue weighted by Crippen LogP contribution is -2.48. The van der Waals surface area contributed by atoms with Crippen LogP contribution in [0.5, 0.6) is 17.2 Å². The van der Waals surface area contributed by atoms with Gasteiger partial charge in [-0.2, -0.15) is 0 Å². The van der Waals surface area contributed by atoms with E-state index in [0.29, 0.717) is 63.1 Å². The molecule has 36 heavy (non-hydrogen) atoms. The van der Waals surface area contributed by atoms with Crippen LogP contribution in [0.15, 0.2) is 42.5 Å². The minimum Gasteiger partial charge on any atom is -0.493 e. The van der Waals surface area contributed by atoms with E-state index in [2.05, 4.69) is 4.90 Å². The third-order valence-electron chi connectivity index (χ3n) is 6.38. The number of nitrogens with zero attached hydrogens (tertiary/aromatic N) is 2. The van der Waals surface area contributed by atoms with Crippen molar-refractivity contribution in [1.29, 1.82) is 0 Å². The minimum atomic E-state index is -1.23. The van der Waals surface area contributed by atoms with Crippen molar-refractivity contribution in [2.75, 3.05) is 59.7 Å². The summed E-state index contributed by atoms with van der Waals surface area (Å²) in [6, 6.07) is 11.7. The first kappa shape index (κ1) is 26.2. The highest BCUT2D eigenvalue weighted by atomic mass is 19.1. The van der Waals surface area contributed by atoms with Crippen molar-refractivity contribution < 1.29 is 33.2 Å². The van der Waals surface area contributed by atoms with E-state index in [1.807, 2.05) is 23.1 Å². The average molecular weight is 503 g/mol. The Labute approximate surface area is 211 Å². The number of rotatable bonds is 11. The number of hydrogen-bond acceptors (Lipinski definition) is 7. The zero-order valence-electron chi connectivity index (χ0n) is 20.8. The SMILES string of the molecule is COc1cc(CN2CCOCC(O)(COc3cccc(F)c3)C2)ccc1OCCCN1CCCC1=O. The second-order valence-electron chi connectivity index (χ2n) is 9.41. The summed E-state index contributed by atoms with van der Waals surface area (Å²) in [5.74, 6) is 1.50. The number of ether oxygens (including phenoxy) is 4. The average Bonchev–Trinajstić information content (AvgIpc) is 3.18. The third kappa shape index (κ3) is 7.32. The Hall–Kier alpha value is -2.88. The molecule has 0 bridgehead atoms. The van der Waals surface area contributed by atoms with Gasteiger partial charge in [0.05, 0.1) is 26.9 Å². The number of aliphatic hydroxyl groups is 1. The summed E-state index contributed by atoms with van der Waals surface area (Å²) in [7, 11) is 1.61. The number of halogens is 1. The molecule has 2 aromatic rings. The highest BCUT2D eigenvalue weighted by Gasteiger charge is 2.33. The molecule has 2 aliphatic rings. The first-order valence-electron chi connectivity index (χ1n) is 12.4. The Balaban J connectivity index is 1.30. The van der Waals surface area contributed by atoms with Gasteiger partial charge in [-0.05, 0) is 42.7 Å². The number of carbonyl (C=O) groups is 1. The van der Waals surface area contributed by atoms with Crippen LogP contribution in [0.25, 0.3) is 0 Å². The Morgan fingerprint density at radius 2 is 2.03 bits per heavy atom. The van der Waals surface area contributed by atoms with Crippen LogP contribution in [0.3, 0.4) is 0 Å². The maximum Gasteiger partial charge on any atom is 0.222 e. The lowest BCUT2D eigenvalue weighted by Gasteiger charge is -2.30. The van der Waals surface area contributed by atoms with Crippen molar-refractivity contribution in [2.24, 2.45) is 0 Å². The fourth-order valence-corrected chi connectivity index (χ4v) is 4.56. The maximum atomic E-state index is 13.4. The van der Waals surface area contributed by atoms with Gasteiger partial charge >= 0.3 is 0 Å². The third-order valence-corrected chi connectivity index (χ3v) is 6.38. The normalized spacial score (nSPS) is 20.9. The topological polar surface area (TPSA) is 80.7 Å². The zero-order chi connectivity index (χ0) is 25.4. The van der Waals surface area contributed by atoms with Crippen LogP contribution < -0.4 is 14.2 Å². The predicted octanol–water partition coefficient (Wildman–Crippen LogP) is 2.87. The number of likely N-dealkylation sites (tertiary alicyclic amines) is 1. The number of methoxy groups -OCH3 is 1. The van der Waals surface area contributed by atoms with Gasteiger partial charge in [0, 0.05) is 45.2 Å². The van der Waals surface area contributed by atoms with Crippen molar-refractivity contribution in [3.8, 4) is 17.2 Å². The molecular weight excluding hydrogens is 467 g/mol. The van der Waals surface area contributed by atoms with Gasteiger partial charge in [-0.15, -0.1) is 0 Å². The van der Waals surface area contributed by atoms with Gasteiger partial charge in [-0.3, -0.25) is 9.69 Å². The molecule has 9 heteroatoms. The number of carbonyl (C=O) groups excluding carboxylic acids is 1. The standard InChI is InChI=1S/C27H35FN2O6/c1-33-25-15-21(8-9-24(25)35-13-4-11-30-10-3-7-26(30)31)17-29-12-14-34-19-27(32,18-29)20-36-23-6-2-5-22(28)16-23/h2,5-6,8-9,15-16,32H,3-4,7,10-14,17-20H2,1H3. The molecule has 2 heterocycles. The van der Waals surface area contributed by atoms with Crippen LogP contribution in [-0.2, 0) is 16.1 Å². The van der Waals surface area contributed by atoms with E-state index in [-0.39, 0.29) is 24.9 Å². The highest BCUT2D eigenvalue weighted by Crippen LogP contribution is 2.29. The molecule has 2 saturated heterocycles. The quantitative estimate of drug-likeness (QED) is 0.474. The molecule has 0 saturated carbocycles. The van der Waals surface area contributed by atoms with Crippen molar-refractivity contribution in [3.63, 3.8) is 0 Å². The Bertz CT molecular complexity index is 1020. The predicted molar refractivity (Wildman–Crippen MR) is 132 cm³/mol. The molecular formula is C27H35FN2O6. The molecule has 2 aromatic carbocycles. The molecule has 1 N–H and O–H groups in total. The molecule has 2 fully saturated rings. The summed E-state index contributed by atoms with van der Waals surface area (Å²) >= 11 is 0. The summed E-state index contributed by atoms with van der Waals surface area (Å²) in [5, 5.41) is 11.1. The molecule has 1 atom stereocenters. The summed E-state index contributed by atoms with van der Waals surface area (Å²) in [6.45, 7) is 4.24. The second kappa shape index (κ2) is 12.4. The molecule has 8 nitrogen and oxygen atoms in total. The van der Waals surface area contributed by atoms with Gasteiger partial charge in [-0.25, -0.2) is 4.39 Å².